The summed E-state index contributed by atoms with van der Waals surface area (Å²) in [5.74, 6) is -2.85. The number of rotatable bonds is 3. The third-order valence-corrected chi connectivity index (χ3v) is 3.51. The molecule has 0 N–H and O–H groups in total. The molecule has 6 heteroatoms. The van der Waals surface area contributed by atoms with Crippen molar-refractivity contribution < 1.29 is 28.6 Å². The van der Waals surface area contributed by atoms with Gasteiger partial charge in [0, 0.05) is 0 Å². The van der Waals surface area contributed by atoms with E-state index in [1.165, 1.54) is 0 Å². The van der Waals surface area contributed by atoms with E-state index < -0.39 is 42.0 Å². The van der Waals surface area contributed by atoms with Gasteiger partial charge in [-0.2, -0.15) is 0 Å². The molecule has 0 spiro atoms. The molecule has 0 aromatic carbocycles. The highest BCUT2D eigenvalue weighted by Gasteiger charge is 2.40. The Labute approximate surface area is 125 Å². The van der Waals surface area contributed by atoms with Gasteiger partial charge in [0.1, 0.15) is 12.7 Å². The molecule has 0 radical (unpaired) electrons. The van der Waals surface area contributed by atoms with Crippen molar-refractivity contribution in [3.63, 3.8) is 0 Å². The first-order chi connectivity index (χ1) is 9.77. The second kappa shape index (κ2) is 7.43. The van der Waals surface area contributed by atoms with Gasteiger partial charge in [-0.1, -0.05) is 20.8 Å². The summed E-state index contributed by atoms with van der Waals surface area (Å²) in [6.45, 7) is 8.45. The highest BCUT2D eigenvalue weighted by Crippen LogP contribution is 2.24. The molecule has 1 aliphatic rings. The molecule has 1 aliphatic heterocycles. The number of carbonyl (C=O) groups is 3. The Morgan fingerprint density at radius 2 is 1.90 bits per heavy atom. The molecule has 1 rings (SSSR count). The minimum absolute atomic E-state index is 0.0221. The fourth-order valence-electron chi connectivity index (χ4n) is 2.06. The van der Waals surface area contributed by atoms with Crippen LogP contribution in [0, 0.1) is 17.8 Å². The summed E-state index contributed by atoms with van der Waals surface area (Å²) in [6.07, 6.45) is -1.09. The van der Waals surface area contributed by atoms with Gasteiger partial charge < -0.3 is 14.2 Å². The lowest BCUT2D eigenvalue weighted by atomic mass is 9.95. The van der Waals surface area contributed by atoms with Crippen LogP contribution in [0.25, 0.3) is 0 Å². The van der Waals surface area contributed by atoms with Crippen LogP contribution in [0.3, 0.4) is 0 Å². The topological polar surface area (TPSA) is 78.9 Å². The first kappa shape index (κ1) is 17.5. The average molecular weight is 300 g/mol. The van der Waals surface area contributed by atoms with Gasteiger partial charge in [-0.05, 0) is 20.3 Å². The maximum atomic E-state index is 12.1. The predicted molar refractivity (Wildman–Crippen MR) is 74.2 cm³/mol. The largest absolute Gasteiger partial charge is 0.464 e. The Hall–Kier alpha value is -1.59. The normalized spacial score (nSPS) is 30.8. The lowest BCUT2D eigenvalue weighted by Gasteiger charge is -2.29. The van der Waals surface area contributed by atoms with Crippen LogP contribution in [0.15, 0.2) is 0 Å². The molecule has 0 aliphatic carbocycles. The van der Waals surface area contributed by atoms with E-state index >= 15 is 0 Å². The fraction of sp³-hybridized carbons (Fsp3) is 0.800. The molecule has 0 bridgehead atoms. The number of hydrogen-bond acceptors (Lipinski definition) is 6. The van der Waals surface area contributed by atoms with Crippen LogP contribution in [0.5, 0.6) is 0 Å². The SMILES string of the molecule is CC[C@H]1C(=O)OC[C@H](C)C(=O)O[C@@H](C)[C@@H]1OC(=O)C(C)C. The number of hydrogen-bond donors (Lipinski definition) is 0. The minimum atomic E-state index is -0.827. The van der Waals surface area contributed by atoms with Crippen molar-refractivity contribution in [3.05, 3.63) is 0 Å². The third-order valence-electron chi connectivity index (χ3n) is 3.51. The Bertz CT molecular complexity index is 403. The van der Waals surface area contributed by atoms with Crippen molar-refractivity contribution in [2.45, 2.75) is 53.2 Å². The van der Waals surface area contributed by atoms with Crippen LogP contribution in [0.4, 0.5) is 0 Å². The molecule has 0 unspecified atom stereocenters. The zero-order chi connectivity index (χ0) is 16.2. The van der Waals surface area contributed by atoms with Crippen LogP contribution < -0.4 is 0 Å². The molecular formula is C15H24O6. The first-order valence-electron chi connectivity index (χ1n) is 7.35. The highest BCUT2D eigenvalue weighted by molar-refractivity contribution is 5.77. The summed E-state index contributed by atoms with van der Waals surface area (Å²) in [4.78, 5) is 35.8. The fourth-order valence-corrected chi connectivity index (χ4v) is 2.06. The monoisotopic (exact) mass is 300 g/mol. The van der Waals surface area contributed by atoms with E-state index in [2.05, 4.69) is 0 Å². The standard InChI is InChI=1S/C15H24O6/c1-6-11-12(21-13(16)8(2)3)10(5)20-14(17)9(4)7-19-15(11)18/h8-12H,6-7H2,1-5H3/t9-,10-,11+,12-/m0/s1. The van der Waals surface area contributed by atoms with Crippen molar-refractivity contribution in [3.8, 4) is 0 Å². The third kappa shape index (κ3) is 4.44. The van der Waals surface area contributed by atoms with Gasteiger partial charge in [0.2, 0.25) is 0 Å². The highest BCUT2D eigenvalue weighted by atomic mass is 16.6. The lowest BCUT2D eigenvalue weighted by molar-refractivity contribution is -0.177. The van der Waals surface area contributed by atoms with Crippen molar-refractivity contribution in [2.24, 2.45) is 17.8 Å². The molecule has 1 saturated heterocycles. The molecule has 1 heterocycles. The zero-order valence-corrected chi connectivity index (χ0v) is 13.3. The summed E-state index contributed by atoms with van der Waals surface area (Å²) in [7, 11) is 0. The zero-order valence-electron chi connectivity index (χ0n) is 13.3. The molecule has 0 aromatic heterocycles. The number of esters is 3. The number of cyclic esters (lactones) is 2. The van der Waals surface area contributed by atoms with Crippen molar-refractivity contribution in [1.82, 2.24) is 0 Å². The maximum absolute atomic E-state index is 12.1. The van der Waals surface area contributed by atoms with E-state index in [1.54, 1.807) is 34.6 Å². The van der Waals surface area contributed by atoms with Crippen LogP contribution in [-0.4, -0.2) is 36.7 Å². The molecular weight excluding hydrogens is 276 g/mol. The van der Waals surface area contributed by atoms with E-state index in [1.807, 2.05) is 0 Å². The lowest BCUT2D eigenvalue weighted by Crippen LogP contribution is -2.42. The molecule has 21 heavy (non-hydrogen) atoms. The number of ether oxygens (including phenoxy) is 3. The Balaban J connectivity index is 3.02. The summed E-state index contributed by atoms with van der Waals surface area (Å²) < 4.78 is 15.8. The van der Waals surface area contributed by atoms with Gasteiger partial charge in [0.15, 0.2) is 6.10 Å². The second-order valence-electron chi connectivity index (χ2n) is 5.74. The quantitative estimate of drug-likeness (QED) is 0.583. The predicted octanol–water partition coefficient (Wildman–Crippen LogP) is 1.70. The van der Waals surface area contributed by atoms with Gasteiger partial charge in [-0.15, -0.1) is 0 Å². The first-order valence-corrected chi connectivity index (χ1v) is 7.35. The van der Waals surface area contributed by atoms with Gasteiger partial charge in [-0.25, -0.2) is 0 Å². The summed E-state index contributed by atoms with van der Waals surface area (Å²) in [5, 5.41) is 0. The van der Waals surface area contributed by atoms with E-state index in [0.29, 0.717) is 6.42 Å². The average Bonchev–Trinajstić information content (AvgIpc) is 2.45. The summed E-state index contributed by atoms with van der Waals surface area (Å²) >= 11 is 0. The summed E-state index contributed by atoms with van der Waals surface area (Å²) in [6, 6.07) is 0. The maximum Gasteiger partial charge on any atom is 0.312 e. The second-order valence-corrected chi connectivity index (χ2v) is 5.74. The Morgan fingerprint density at radius 1 is 1.29 bits per heavy atom. The molecule has 120 valence electrons. The van der Waals surface area contributed by atoms with Crippen LogP contribution >= 0.6 is 0 Å². The van der Waals surface area contributed by atoms with Gasteiger partial charge >= 0.3 is 17.9 Å². The summed E-state index contributed by atoms with van der Waals surface area (Å²) in [5.41, 5.74) is 0. The minimum Gasteiger partial charge on any atom is -0.464 e. The van der Waals surface area contributed by atoms with Gasteiger partial charge in [0.05, 0.1) is 17.8 Å². The Kier molecular flexibility index (Phi) is 6.18. The van der Waals surface area contributed by atoms with Crippen LogP contribution in [-0.2, 0) is 28.6 Å². The smallest absolute Gasteiger partial charge is 0.312 e. The molecule has 4 atom stereocenters. The molecule has 1 fully saturated rings. The van der Waals surface area contributed by atoms with Crippen molar-refractivity contribution in [2.75, 3.05) is 6.61 Å². The van der Waals surface area contributed by atoms with Crippen LogP contribution in [0.2, 0.25) is 0 Å². The van der Waals surface area contributed by atoms with Crippen molar-refractivity contribution in [1.29, 1.82) is 0 Å². The molecule has 0 aromatic rings. The van der Waals surface area contributed by atoms with E-state index in [0.717, 1.165) is 0 Å². The number of carbonyl (C=O) groups excluding carboxylic acids is 3. The molecule has 6 nitrogen and oxygen atoms in total. The van der Waals surface area contributed by atoms with Crippen molar-refractivity contribution >= 4 is 17.9 Å². The molecule has 0 saturated carbocycles. The van der Waals surface area contributed by atoms with Gasteiger partial charge in [-0.3, -0.25) is 14.4 Å². The molecule has 0 amide bonds. The van der Waals surface area contributed by atoms with E-state index in [4.69, 9.17) is 14.2 Å². The van der Waals surface area contributed by atoms with Crippen LogP contribution in [0.1, 0.15) is 41.0 Å². The van der Waals surface area contributed by atoms with E-state index in [9.17, 15) is 14.4 Å². The van der Waals surface area contributed by atoms with Gasteiger partial charge in [0.25, 0.3) is 0 Å². The Morgan fingerprint density at radius 3 is 2.43 bits per heavy atom. The van der Waals surface area contributed by atoms with E-state index in [-0.39, 0.29) is 12.5 Å².